The minimum atomic E-state index is -0.124. The summed E-state index contributed by atoms with van der Waals surface area (Å²) in [6.07, 6.45) is 2.53. The van der Waals surface area contributed by atoms with Gasteiger partial charge in [-0.3, -0.25) is 9.48 Å². The van der Waals surface area contributed by atoms with Gasteiger partial charge in [0.05, 0.1) is 21.4 Å². The number of rotatable bonds is 4. The van der Waals surface area contributed by atoms with Crippen molar-refractivity contribution in [3.05, 3.63) is 45.1 Å². The third kappa shape index (κ3) is 2.82. The largest absolute Gasteiger partial charge is 0.398 e. The van der Waals surface area contributed by atoms with Crippen LogP contribution in [0.25, 0.3) is 0 Å². The first kappa shape index (κ1) is 14.1. The van der Waals surface area contributed by atoms with Gasteiger partial charge in [0, 0.05) is 12.1 Å². The predicted molar refractivity (Wildman–Crippen MR) is 79.5 cm³/mol. The van der Waals surface area contributed by atoms with E-state index in [4.69, 9.17) is 17.3 Å². The van der Waals surface area contributed by atoms with Gasteiger partial charge in [-0.25, -0.2) is 0 Å². The van der Waals surface area contributed by atoms with Crippen molar-refractivity contribution in [2.24, 2.45) is 0 Å². The van der Waals surface area contributed by atoms with Crippen LogP contribution in [0.2, 0.25) is 5.02 Å². The maximum absolute atomic E-state index is 12.5. The Hall–Kier alpha value is -1.33. The Balaban J connectivity index is 2.43. The zero-order valence-corrected chi connectivity index (χ0v) is 12.7. The van der Waals surface area contributed by atoms with Gasteiger partial charge in [-0.05, 0) is 40.5 Å². The minimum Gasteiger partial charge on any atom is -0.398 e. The lowest BCUT2D eigenvalue weighted by atomic mass is 10.1. The van der Waals surface area contributed by atoms with Crippen LogP contribution in [0.3, 0.4) is 0 Å². The molecule has 1 aromatic carbocycles. The highest BCUT2D eigenvalue weighted by Crippen LogP contribution is 2.24. The van der Waals surface area contributed by atoms with E-state index in [1.807, 2.05) is 6.92 Å². The van der Waals surface area contributed by atoms with Crippen LogP contribution in [0.1, 0.15) is 29.4 Å². The topological polar surface area (TPSA) is 60.9 Å². The molecule has 4 nitrogen and oxygen atoms in total. The SMILES string of the molecule is CCCn1ncc(Br)c1C(=O)c1ccc(Cl)c(N)c1. The highest BCUT2D eigenvalue weighted by atomic mass is 79.9. The molecule has 1 aromatic heterocycles. The maximum Gasteiger partial charge on any atom is 0.212 e. The summed E-state index contributed by atoms with van der Waals surface area (Å²) in [7, 11) is 0. The number of carbonyl (C=O) groups excluding carboxylic acids is 1. The lowest BCUT2D eigenvalue weighted by molar-refractivity contribution is 0.102. The molecule has 100 valence electrons. The molecule has 0 fully saturated rings. The van der Waals surface area contributed by atoms with Gasteiger partial charge in [-0.1, -0.05) is 18.5 Å². The van der Waals surface area contributed by atoms with E-state index in [1.54, 1.807) is 29.1 Å². The first-order valence-corrected chi connectivity index (χ1v) is 7.02. The van der Waals surface area contributed by atoms with Gasteiger partial charge in [0.25, 0.3) is 0 Å². The summed E-state index contributed by atoms with van der Waals surface area (Å²) in [5.41, 5.74) is 7.15. The Morgan fingerprint density at radius 3 is 2.89 bits per heavy atom. The van der Waals surface area contributed by atoms with E-state index in [1.165, 1.54) is 0 Å². The molecule has 0 aliphatic carbocycles. The molecule has 0 unspecified atom stereocenters. The summed E-state index contributed by atoms with van der Waals surface area (Å²) in [6.45, 7) is 2.72. The van der Waals surface area contributed by atoms with Gasteiger partial charge in [-0.15, -0.1) is 0 Å². The molecular weight excluding hydrogens is 330 g/mol. The molecule has 0 aliphatic rings. The van der Waals surface area contributed by atoms with Crippen LogP contribution in [-0.2, 0) is 6.54 Å². The zero-order chi connectivity index (χ0) is 14.0. The summed E-state index contributed by atoms with van der Waals surface area (Å²) in [6, 6.07) is 4.87. The van der Waals surface area contributed by atoms with Crippen LogP contribution in [0.4, 0.5) is 5.69 Å². The fourth-order valence-corrected chi connectivity index (χ4v) is 2.39. The second-order valence-electron chi connectivity index (χ2n) is 4.13. The standard InChI is InChI=1S/C13H13BrClN3O/c1-2-5-18-12(9(14)7-17-18)13(19)8-3-4-10(15)11(16)6-8/h3-4,6-7H,2,5,16H2,1H3. The average molecular weight is 343 g/mol. The van der Waals surface area contributed by atoms with Crippen LogP contribution < -0.4 is 5.73 Å². The van der Waals surface area contributed by atoms with E-state index in [-0.39, 0.29) is 5.78 Å². The molecule has 2 rings (SSSR count). The maximum atomic E-state index is 12.5. The Bertz CT molecular complexity index is 624. The Morgan fingerprint density at radius 1 is 1.53 bits per heavy atom. The second kappa shape index (κ2) is 5.75. The fourth-order valence-electron chi connectivity index (χ4n) is 1.79. The highest BCUT2D eigenvalue weighted by molar-refractivity contribution is 9.10. The number of aryl methyl sites for hydroxylation is 1. The quantitative estimate of drug-likeness (QED) is 0.683. The number of hydrogen-bond donors (Lipinski definition) is 1. The Kier molecular flexibility index (Phi) is 4.27. The minimum absolute atomic E-state index is 0.124. The molecule has 19 heavy (non-hydrogen) atoms. The highest BCUT2D eigenvalue weighted by Gasteiger charge is 2.19. The molecule has 0 atom stereocenters. The molecule has 0 spiro atoms. The second-order valence-corrected chi connectivity index (χ2v) is 5.39. The van der Waals surface area contributed by atoms with E-state index in [2.05, 4.69) is 21.0 Å². The Morgan fingerprint density at radius 2 is 2.26 bits per heavy atom. The summed E-state index contributed by atoms with van der Waals surface area (Å²) >= 11 is 9.22. The molecular formula is C13H13BrClN3O. The van der Waals surface area contributed by atoms with Crippen molar-refractivity contribution in [2.75, 3.05) is 5.73 Å². The third-order valence-corrected chi connectivity index (χ3v) is 3.63. The van der Waals surface area contributed by atoms with E-state index in [0.29, 0.717) is 33.0 Å². The predicted octanol–water partition coefficient (Wildman–Crippen LogP) is 3.52. The van der Waals surface area contributed by atoms with Gasteiger partial charge in [0.1, 0.15) is 5.69 Å². The first-order chi connectivity index (χ1) is 9.04. The molecule has 0 aliphatic heterocycles. The lowest BCUT2D eigenvalue weighted by Gasteiger charge is -2.07. The van der Waals surface area contributed by atoms with Gasteiger partial charge < -0.3 is 5.73 Å². The van der Waals surface area contributed by atoms with Crippen molar-refractivity contribution < 1.29 is 4.79 Å². The van der Waals surface area contributed by atoms with E-state index >= 15 is 0 Å². The summed E-state index contributed by atoms with van der Waals surface area (Å²) in [5, 5.41) is 4.63. The lowest BCUT2D eigenvalue weighted by Crippen LogP contribution is -2.12. The first-order valence-electron chi connectivity index (χ1n) is 5.85. The monoisotopic (exact) mass is 341 g/mol. The number of nitrogen functional groups attached to an aromatic ring is 1. The number of hydrogen-bond acceptors (Lipinski definition) is 3. The zero-order valence-electron chi connectivity index (χ0n) is 10.4. The van der Waals surface area contributed by atoms with E-state index in [0.717, 1.165) is 6.42 Å². The number of benzene rings is 1. The number of nitrogens with two attached hydrogens (primary N) is 1. The molecule has 0 radical (unpaired) electrons. The van der Waals surface area contributed by atoms with Gasteiger partial charge in [-0.2, -0.15) is 5.10 Å². The molecule has 0 saturated carbocycles. The molecule has 0 saturated heterocycles. The number of anilines is 1. The van der Waals surface area contributed by atoms with Gasteiger partial charge in [0.15, 0.2) is 0 Å². The average Bonchev–Trinajstić information content (AvgIpc) is 2.74. The van der Waals surface area contributed by atoms with Crippen molar-refractivity contribution in [2.45, 2.75) is 19.9 Å². The molecule has 0 amide bonds. The molecule has 1 heterocycles. The number of halogens is 2. The van der Waals surface area contributed by atoms with Crippen LogP contribution in [0.5, 0.6) is 0 Å². The van der Waals surface area contributed by atoms with Crippen LogP contribution in [-0.4, -0.2) is 15.6 Å². The summed E-state index contributed by atoms with van der Waals surface area (Å²) < 4.78 is 2.37. The smallest absolute Gasteiger partial charge is 0.212 e. The number of nitrogens with zero attached hydrogens (tertiary/aromatic N) is 2. The molecule has 6 heteroatoms. The Labute approximate surface area is 124 Å². The molecule has 2 N–H and O–H groups in total. The van der Waals surface area contributed by atoms with Gasteiger partial charge >= 0.3 is 0 Å². The third-order valence-electron chi connectivity index (χ3n) is 2.70. The van der Waals surface area contributed by atoms with Crippen molar-refractivity contribution in [3.63, 3.8) is 0 Å². The fraction of sp³-hybridized carbons (Fsp3) is 0.231. The van der Waals surface area contributed by atoms with Gasteiger partial charge in [0.2, 0.25) is 5.78 Å². The number of ketones is 1. The number of aromatic nitrogens is 2. The van der Waals surface area contributed by atoms with Crippen LogP contribution >= 0.6 is 27.5 Å². The van der Waals surface area contributed by atoms with Crippen LogP contribution in [0, 0.1) is 0 Å². The van der Waals surface area contributed by atoms with E-state index < -0.39 is 0 Å². The van der Waals surface area contributed by atoms with Crippen LogP contribution in [0.15, 0.2) is 28.9 Å². The summed E-state index contributed by atoms with van der Waals surface area (Å²) in [4.78, 5) is 12.5. The van der Waals surface area contributed by atoms with Crippen molar-refractivity contribution in [3.8, 4) is 0 Å². The van der Waals surface area contributed by atoms with Crippen molar-refractivity contribution >= 4 is 39.0 Å². The molecule has 2 aromatic rings. The van der Waals surface area contributed by atoms with Crippen molar-refractivity contribution in [1.82, 2.24) is 9.78 Å². The summed E-state index contributed by atoms with van der Waals surface area (Å²) in [5.74, 6) is -0.124. The molecule has 0 bridgehead atoms. The van der Waals surface area contributed by atoms with E-state index in [9.17, 15) is 4.79 Å². The number of carbonyl (C=O) groups is 1. The normalized spacial score (nSPS) is 10.7. The van der Waals surface area contributed by atoms with Crippen molar-refractivity contribution in [1.29, 1.82) is 0 Å².